The van der Waals surface area contributed by atoms with Crippen LogP contribution in [0.2, 0.25) is 5.02 Å². The fourth-order valence-electron chi connectivity index (χ4n) is 3.46. The first-order valence-electron chi connectivity index (χ1n) is 10.8. The van der Waals surface area contributed by atoms with E-state index in [4.69, 9.17) is 21.1 Å². The van der Waals surface area contributed by atoms with Crippen molar-refractivity contribution >= 4 is 57.1 Å². The third-order valence-corrected chi connectivity index (χ3v) is 5.94. The highest BCUT2D eigenvalue weighted by molar-refractivity contribution is 9.10. The molecule has 7 nitrogen and oxygen atoms in total. The maximum absolute atomic E-state index is 13.2. The molecule has 1 heterocycles. The highest BCUT2D eigenvalue weighted by atomic mass is 79.9. The Morgan fingerprint density at radius 2 is 1.72 bits per heavy atom. The Balaban J connectivity index is 1.65. The Kier molecular flexibility index (Phi) is 7.71. The number of rotatable bonds is 7. The molecule has 4 rings (SSSR count). The van der Waals surface area contributed by atoms with Crippen molar-refractivity contribution in [3.63, 3.8) is 0 Å². The Morgan fingerprint density at radius 1 is 1.03 bits per heavy atom. The van der Waals surface area contributed by atoms with E-state index >= 15 is 0 Å². The largest absolute Gasteiger partial charge is 0.490 e. The lowest BCUT2D eigenvalue weighted by molar-refractivity contribution is -0.122. The Labute approximate surface area is 219 Å². The zero-order valence-electron chi connectivity index (χ0n) is 18.9. The molecule has 0 spiro atoms. The number of hydrogen-bond acceptors (Lipinski definition) is 5. The van der Waals surface area contributed by atoms with E-state index < -0.39 is 17.8 Å². The number of nitrogens with zero attached hydrogens (tertiary/aromatic N) is 1. The van der Waals surface area contributed by atoms with Gasteiger partial charge in [0.15, 0.2) is 11.5 Å². The summed E-state index contributed by atoms with van der Waals surface area (Å²) in [5, 5.41) is 2.36. The zero-order chi connectivity index (χ0) is 25.8. The second kappa shape index (κ2) is 10.9. The second-order valence-electron chi connectivity index (χ2n) is 7.61. The third-order valence-electron chi connectivity index (χ3n) is 5.13. The lowest BCUT2D eigenvalue weighted by Gasteiger charge is -2.26. The highest BCUT2D eigenvalue weighted by Crippen LogP contribution is 2.38. The Bertz CT molecular complexity index is 1360. The second-order valence-corrected chi connectivity index (χ2v) is 8.94. The van der Waals surface area contributed by atoms with Crippen LogP contribution in [0.3, 0.4) is 0 Å². The van der Waals surface area contributed by atoms with E-state index in [1.165, 1.54) is 24.3 Å². The van der Waals surface area contributed by atoms with Gasteiger partial charge in [-0.15, -0.1) is 0 Å². The van der Waals surface area contributed by atoms with Crippen molar-refractivity contribution in [3.05, 3.63) is 92.7 Å². The summed E-state index contributed by atoms with van der Waals surface area (Å²) in [4.78, 5) is 38.9. The number of imide groups is 2. The lowest BCUT2D eigenvalue weighted by Crippen LogP contribution is -2.54. The van der Waals surface area contributed by atoms with Crippen LogP contribution in [0.1, 0.15) is 18.1 Å². The first-order chi connectivity index (χ1) is 17.3. The monoisotopic (exact) mass is 572 g/mol. The summed E-state index contributed by atoms with van der Waals surface area (Å²) >= 11 is 9.77. The first kappa shape index (κ1) is 25.4. The maximum Gasteiger partial charge on any atom is 0.335 e. The van der Waals surface area contributed by atoms with Crippen LogP contribution in [0.5, 0.6) is 11.5 Å². The molecule has 0 unspecified atom stereocenters. The van der Waals surface area contributed by atoms with Crippen LogP contribution in [0.4, 0.5) is 14.9 Å². The van der Waals surface area contributed by atoms with E-state index in [0.29, 0.717) is 23.6 Å². The number of carbonyl (C=O) groups is 3. The van der Waals surface area contributed by atoms with Crippen LogP contribution >= 0.6 is 27.5 Å². The minimum atomic E-state index is -0.845. The van der Waals surface area contributed by atoms with E-state index in [1.807, 2.05) is 0 Å². The number of anilines is 1. The lowest BCUT2D eigenvalue weighted by atomic mass is 10.1. The smallest absolute Gasteiger partial charge is 0.335 e. The standard InChI is InChI=1S/C26H19BrClFN2O5/c1-2-35-22-13-16(12-21(28)23(22)36-14-15-3-7-18(29)8-4-15)11-20-24(32)30-26(34)31(25(20)33)19-9-5-17(27)6-10-19/h3-13H,2,14H2,1H3,(H,30,32,34)/b20-11-. The first-order valence-corrected chi connectivity index (χ1v) is 11.9. The average Bonchev–Trinajstić information content (AvgIpc) is 2.83. The van der Waals surface area contributed by atoms with Gasteiger partial charge in [0.1, 0.15) is 18.0 Å². The van der Waals surface area contributed by atoms with Crippen molar-refractivity contribution in [3.8, 4) is 11.5 Å². The molecule has 0 bridgehead atoms. The van der Waals surface area contributed by atoms with Gasteiger partial charge in [-0.1, -0.05) is 39.7 Å². The summed E-state index contributed by atoms with van der Waals surface area (Å²) in [7, 11) is 0. The maximum atomic E-state index is 13.2. The Hall–Kier alpha value is -3.69. The summed E-state index contributed by atoms with van der Waals surface area (Å²) < 4.78 is 25.4. The molecule has 184 valence electrons. The molecule has 3 aromatic rings. The van der Waals surface area contributed by atoms with Crippen molar-refractivity contribution in [2.45, 2.75) is 13.5 Å². The van der Waals surface area contributed by atoms with Crippen LogP contribution in [-0.2, 0) is 16.2 Å². The van der Waals surface area contributed by atoms with Crippen LogP contribution in [0.25, 0.3) is 6.08 Å². The van der Waals surface area contributed by atoms with Gasteiger partial charge in [0.25, 0.3) is 11.8 Å². The SMILES string of the molecule is CCOc1cc(/C=C2/C(=O)NC(=O)N(c3ccc(Br)cc3)C2=O)cc(Cl)c1OCc1ccc(F)cc1. The van der Waals surface area contributed by atoms with Crippen LogP contribution in [0.15, 0.2) is 70.7 Å². The van der Waals surface area contributed by atoms with E-state index in [-0.39, 0.29) is 28.8 Å². The van der Waals surface area contributed by atoms with Gasteiger partial charge in [-0.2, -0.15) is 0 Å². The fraction of sp³-hybridized carbons (Fsp3) is 0.115. The zero-order valence-corrected chi connectivity index (χ0v) is 21.2. The molecule has 0 atom stereocenters. The number of carbonyl (C=O) groups excluding carboxylic acids is 3. The number of amides is 4. The van der Waals surface area contributed by atoms with Gasteiger partial charge in [-0.05, 0) is 72.7 Å². The molecule has 0 aliphatic carbocycles. The molecule has 0 saturated carbocycles. The van der Waals surface area contributed by atoms with Gasteiger partial charge >= 0.3 is 6.03 Å². The third kappa shape index (κ3) is 5.58. The minimum absolute atomic E-state index is 0.117. The van der Waals surface area contributed by atoms with Gasteiger partial charge in [0.2, 0.25) is 0 Å². The number of barbiturate groups is 1. The molecule has 1 aliphatic heterocycles. The molecule has 1 aliphatic rings. The average molecular weight is 574 g/mol. The molecule has 0 radical (unpaired) electrons. The molecular weight excluding hydrogens is 555 g/mol. The van der Waals surface area contributed by atoms with Gasteiger partial charge in [-0.3, -0.25) is 14.9 Å². The van der Waals surface area contributed by atoms with Gasteiger partial charge < -0.3 is 9.47 Å². The van der Waals surface area contributed by atoms with Crippen molar-refractivity contribution in [2.75, 3.05) is 11.5 Å². The summed E-state index contributed by atoms with van der Waals surface area (Å²) in [6, 6.07) is 14.6. The predicted molar refractivity (Wildman–Crippen MR) is 136 cm³/mol. The van der Waals surface area contributed by atoms with Crippen LogP contribution in [0, 0.1) is 5.82 Å². The Morgan fingerprint density at radius 3 is 2.39 bits per heavy atom. The predicted octanol–water partition coefficient (Wildman–Crippen LogP) is 5.89. The summed E-state index contributed by atoms with van der Waals surface area (Å²) in [5.41, 5.74) is 1.16. The minimum Gasteiger partial charge on any atom is -0.490 e. The molecule has 0 aromatic heterocycles. The van der Waals surface area contributed by atoms with Crippen molar-refractivity contribution in [1.29, 1.82) is 0 Å². The number of nitrogens with one attached hydrogen (secondary N) is 1. The number of halogens is 3. The number of benzene rings is 3. The van der Waals surface area contributed by atoms with Gasteiger partial charge in [0, 0.05) is 4.47 Å². The molecule has 36 heavy (non-hydrogen) atoms. The van der Waals surface area contributed by atoms with Gasteiger partial charge in [0.05, 0.1) is 17.3 Å². The van der Waals surface area contributed by atoms with Gasteiger partial charge in [-0.25, -0.2) is 14.1 Å². The van der Waals surface area contributed by atoms with Crippen LogP contribution < -0.4 is 19.7 Å². The fourth-order valence-corrected chi connectivity index (χ4v) is 4.00. The van der Waals surface area contributed by atoms with E-state index in [2.05, 4.69) is 21.2 Å². The molecule has 10 heteroatoms. The molecular formula is C26H19BrClFN2O5. The highest BCUT2D eigenvalue weighted by Gasteiger charge is 2.36. The van der Waals surface area contributed by atoms with Crippen molar-refractivity contribution in [1.82, 2.24) is 5.32 Å². The summed E-state index contributed by atoms with van der Waals surface area (Å²) in [6.07, 6.45) is 1.33. The molecule has 1 N–H and O–H groups in total. The van der Waals surface area contributed by atoms with E-state index in [1.54, 1.807) is 49.4 Å². The van der Waals surface area contributed by atoms with E-state index in [0.717, 1.165) is 14.9 Å². The number of urea groups is 1. The number of hydrogen-bond donors (Lipinski definition) is 1. The summed E-state index contributed by atoms with van der Waals surface area (Å²) in [6.45, 7) is 2.20. The van der Waals surface area contributed by atoms with E-state index in [9.17, 15) is 18.8 Å². The van der Waals surface area contributed by atoms with Crippen LogP contribution in [-0.4, -0.2) is 24.5 Å². The molecule has 1 saturated heterocycles. The molecule has 3 aromatic carbocycles. The van der Waals surface area contributed by atoms with Crippen molar-refractivity contribution in [2.24, 2.45) is 0 Å². The van der Waals surface area contributed by atoms with Crippen molar-refractivity contribution < 1.29 is 28.2 Å². The quantitative estimate of drug-likeness (QED) is 0.282. The normalized spacial score (nSPS) is 14.7. The number of ether oxygens (including phenoxy) is 2. The molecule has 4 amide bonds. The summed E-state index contributed by atoms with van der Waals surface area (Å²) in [5.74, 6) is -1.41. The topological polar surface area (TPSA) is 84.9 Å². The molecule has 1 fully saturated rings.